The topological polar surface area (TPSA) is 23.5 Å². The van der Waals surface area contributed by atoms with Gasteiger partial charge in [0.2, 0.25) is 0 Å². The molecule has 0 unspecified atom stereocenters. The Labute approximate surface area is 113 Å². The van der Waals surface area contributed by atoms with Crippen molar-refractivity contribution in [1.82, 2.24) is 4.90 Å². The van der Waals surface area contributed by atoms with Crippen LogP contribution in [0, 0.1) is 11.8 Å². The Hall–Kier alpha value is -0.520. The molecule has 0 aromatic heterocycles. The summed E-state index contributed by atoms with van der Waals surface area (Å²) in [5.41, 5.74) is -0.860. The maximum atomic E-state index is 9.73. The van der Waals surface area contributed by atoms with E-state index in [0.717, 1.165) is 6.42 Å². The first-order valence-electron chi connectivity index (χ1n) is 7.52. The van der Waals surface area contributed by atoms with Gasteiger partial charge in [0.05, 0.1) is 6.04 Å². The summed E-state index contributed by atoms with van der Waals surface area (Å²) < 4.78 is 0. The van der Waals surface area contributed by atoms with E-state index in [1.54, 1.807) is 13.8 Å². The summed E-state index contributed by atoms with van der Waals surface area (Å²) in [4.78, 5) is 2.49. The van der Waals surface area contributed by atoms with Crippen molar-refractivity contribution < 1.29 is 5.11 Å². The minimum atomic E-state index is -0.860. The van der Waals surface area contributed by atoms with E-state index in [4.69, 9.17) is 0 Å². The van der Waals surface area contributed by atoms with Crippen molar-refractivity contribution in [3.05, 3.63) is 0 Å². The summed E-state index contributed by atoms with van der Waals surface area (Å²) in [7, 11) is 0. The number of unbranched alkanes of at least 4 members (excludes halogenated alkanes) is 3. The van der Waals surface area contributed by atoms with E-state index in [9.17, 15) is 5.11 Å². The Bertz CT molecular complexity index is 276. The lowest BCUT2D eigenvalue weighted by molar-refractivity contribution is 0.143. The van der Waals surface area contributed by atoms with Crippen LogP contribution in [0.1, 0.15) is 65.7 Å². The van der Waals surface area contributed by atoms with Crippen LogP contribution in [0.25, 0.3) is 0 Å². The van der Waals surface area contributed by atoms with Crippen LogP contribution in [0.3, 0.4) is 0 Å². The maximum Gasteiger partial charge on any atom is 0.120 e. The largest absolute Gasteiger partial charge is 0.378 e. The molecule has 2 heteroatoms. The van der Waals surface area contributed by atoms with E-state index in [2.05, 4.69) is 23.7 Å². The Morgan fingerprint density at radius 3 is 2.39 bits per heavy atom. The third-order valence-electron chi connectivity index (χ3n) is 3.46. The van der Waals surface area contributed by atoms with E-state index >= 15 is 0 Å². The predicted octanol–water partition coefficient (Wildman–Crippen LogP) is 3.20. The molecule has 1 aliphatic heterocycles. The highest BCUT2D eigenvalue weighted by Crippen LogP contribution is 2.17. The fourth-order valence-electron chi connectivity index (χ4n) is 2.42. The molecule has 0 saturated carbocycles. The zero-order valence-electron chi connectivity index (χ0n) is 12.3. The summed E-state index contributed by atoms with van der Waals surface area (Å²) in [6.45, 7) is 8.13. The van der Waals surface area contributed by atoms with Gasteiger partial charge in [-0.2, -0.15) is 0 Å². The van der Waals surface area contributed by atoms with Gasteiger partial charge < -0.3 is 5.11 Å². The molecular weight excluding hydrogens is 222 g/mol. The fraction of sp³-hybridized carbons (Fsp3) is 0.875. The molecule has 1 atom stereocenters. The Balaban J connectivity index is 2.48. The highest BCUT2D eigenvalue weighted by atomic mass is 16.3. The summed E-state index contributed by atoms with van der Waals surface area (Å²) in [5, 5.41) is 9.73. The molecule has 1 rings (SSSR count). The van der Waals surface area contributed by atoms with Crippen molar-refractivity contribution in [1.29, 1.82) is 0 Å². The molecule has 0 radical (unpaired) electrons. The second-order valence-electron chi connectivity index (χ2n) is 5.94. The third-order valence-corrected chi connectivity index (χ3v) is 3.46. The highest BCUT2D eigenvalue weighted by Gasteiger charge is 2.20. The van der Waals surface area contributed by atoms with E-state index in [1.165, 1.54) is 51.6 Å². The number of hydrogen-bond acceptors (Lipinski definition) is 2. The van der Waals surface area contributed by atoms with Crippen LogP contribution >= 0.6 is 0 Å². The van der Waals surface area contributed by atoms with Gasteiger partial charge in [-0.3, -0.25) is 4.90 Å². The van der Waals surface area contributed by atoms with Crippen LogP contribution in [0.15, 0.2) is 0 Å². The van der Waals surface area contributed by atoms with Crippen LogP contribution < -0.4 is 0 Å². The van der Waals surface area contributed by atoms with E-state index in [1.807, 2.05) is 0 Å². The first kappa shape index (κ1) is 15.5. The minimum absolute atomic E-state index is 0.357. The number of rotatable bonds is 6. The van der Waals surface area contributed by atoms with Crippen molar-refractivity contribution in [2.24, 2.45) is 0 Å². The van der Waals surface area contributed by atoms with Gasteiger partial charge in [-0.25, -0.2) is 0 Å². The van der Waals surface area contributed by atoms with Crippen LogP contribution in [0.5, 0.6) is 0 Å². The first-order chi connectivity index (χ1) is 8.53. The lowest BCUT2D eigenvalue weighted by Gasteiger charge is -2.23. The molecule has 2 nitrogen and oxygen atoms in total. The van der Waals surface area contributed by atoms with E-state index in [0.29, 0.717) is 6.04 Å². The molecule has 1 N–H and O–H groups in total. The molecule has 1 aliphatic rings. The number of likely N-dealkylation sites (tertiary alicyclic amines) is 1. The number of aliphatic hydroxyl groups is 1. The molecule has 0 amide bonds. The monoisotopic (exact) mass is 251 g/mol. The average molecular weight is 251 g/mol. The molecular formula is C16H29NO. The molecule has 1 saturated heterocycles. The molecule has 0 aromatic carbocycles. The minimum Gasteiger partial charge on any atom is -0.378 e. The molecule has 1 fully saturated rings. The predicted molar refractivity (Wildman–Crippen MR) is 77.4 cm³/mol. The van der Waals surface area contributed by atoms with Crippen LogP contribution in [-0.4, -0.2) is 34.7 Å². The van der Waals surface area contributed by atoms with Gasteiger partial charge in [0.15, 0.2) is 0 Å². The van der Waals surface area contributed by atoms with Crippen LogP contribution in [0.2, 0.25) is 0 Å². The number of hydrogen-bond donors (Lipinski definition) is 1. The zero-order chi connectivity index (χ0) is 13.4. The first-order valence-corrected chi connectivity index (χ1v) is 7.52. The molecule has 0 spiro atoms. The van der Waals surface area contributed by atoms with Gasteiger partial charge in [-0.15, -0.1) is 0 Å². The van der Waals surface area contributed by atoms with Gasteiger partial charge in [-0.1, -0.05) is 44.4 Å². The molecule has 0 aliphatic carbocycles. The summed E-state index contributed by atoms with van der Waals surface area (Å²) in [5.74, 6) is 6.31. The third kappa shape index (κ3) is 6.42. The average Bonchev–Trinajstić information content (AvgIpc) is 2.80. The van der Waals surface area contributed by atoms with Crippen molar-refractivity contribution in [3.63, 3.8) is 0 Å². The van der Waals surface area contributed by atoms with Gasteiger partial charge in [-0.05, 0) is 46.2 Å². The Morgan fingerprint density at radius 1 is 1.17 bits per heavy atom. The van der Waals surface area contributed by atoms with E-state index < -0.39 is 5.60 Å². The van der Waals surface area contributed by atoms with E-state index in [-0.39, 0.29) is 0 Å². The van der Waals surface area contributed by atoms with Gasteiger partial charge in [0.25, 0.3) is 0 Å². The molecule has 18 heavy (non-hydrogen) atoms. The smallest absolute Gasteiger partial charge is 0.120 e. The van der Waals surface area contributed by atoms with Crippen molar-refractivity contribution in [2.75, 3.05) is 13.1 Å². The summed E-state index contributed by atoms with van der Waals surface area (Å²) in [6, 6.07) is 0.357. The van der Waals surface area contributed by atoms with Gasteiger partial charge in [0, 0.05) is 0 Å². The Morgan fingerprint density at radius 2 is 1.83 bits per heavy atom. The van der Waals surface area contributed by atoms with Crippen molar-refractivity contribution in [3.8, 4) is 11.8 Å². The number of nitrogens with zero attached hydrogens (tertiary/aromatic N) is 1. The van der Waals surface area contributed by atoms with Gasteiger partial charge >= 0.3 is 0 Å². The van der Waals surface area contributed by atoms with Crippen LogP contribution in [-0.2, 0) is 0 Å². The lowest BCUT2D eigenvalue weighted by atomic mass is 10.0. The zero-order valence-corrected chi connectivity index (χ0v) is 12.3. The van der Waals surface area contributed by atoms with Gasteiger partial charge in [0.1, 0.15) is 5.60 Å². The summed E-state index contributed by atoms with van der Waals surface area (Å²) >= 11 is 0. The second-order valence-corrected chi connectivity index (χ2v) is 5.94. The molecule has 1 heterocycles. The second kappa shape index (κ2) is 7.81. The highest BCUT2D eigenvalue weighted by molar-refractivity contribution is 5.15. The SMILES string of the molecule is CCCCCC[C@@H](C#CC(C)(C)O)N1CCCC1. The van der Waals surface area contributed by atoms with Crippen molar-refractivity contribution in [2.45, 2.75) is 77.4 Å². The van der Waals surface area contributed by atoms with Crippen LogP contribution in [0.4, 0.5) is 0 Å². The molecule has 0 bridgehead atoms. The normalized spacial score (nSPS) is 18.4. The summed E-state index contributed by atoms with van der Waals surface area (Å²) in [6.07, 6.45) is 8.93. The lowest BCUT2D eigenvalue weighted by Crippen LogP contribution is -2.32. The molecule has 104 valence electrons. The fourth-order valence-corrected chi connectivity index (χ4v) is 2.42. The maximum absolute atomic E-state index is 9.73. The standard InChI is InChI=1S/C16H29NO/c1-4-5-6-7-10-15(11-12-16(2,3)18)17-13-8-9-14-17/h15,18H,4-10,13-14H2,1-3H3/t15-/m0/s1. The van der Waals surface area contributed by atoms with Crippen molar-refractivity contribution >= 4 is 0 Å². The molecule has 0 aromatic rings. The Kier molecular flexibility index (Phi) is 6.75. The quantitative estimate of drug-likeness (QED) is 0.579.